The molecule has 0 amide bonds. The molecule has 100 valence electrons. The highest BCUT2D eigenvalue weighted by Crippen LogP contribution is 2.23. The fraction of sp³-hybridized carbons (Fsp3) is 0.500. The van der Waals surface area contributed by atoms with Crippen molar-refractivity contribution in [1.29, 1.82) is 0 Å². The topological polar surface area (TPSA) is 75.8 Å². The van der Waals surface area contributed by atoms with Crippen LogP contribution in [0.5, 0.6) is 0 Å². The summed E-state index contributed by atoms with van der Waals surface area (Å²) >= 11 is -2.15. The van der Waals surface area contributed by atoms with Crippen molar-refractivity contribution in [3.63, 3.8) is 0 Å². The number of rotatable bonds is 5. The molecule has 0 saturated carbocycles. The van der Waals surface area contributed by atoms with Crippen molar-refractivity contribution in [3.05, 3.63) is 29.3 Å². The largest absolute Gasteiger partial charge is 0.398 e. The first-order valence-electron chi connectivity index (χ1n) is 5.99. The number of hydrogen-bond acceptors (Lipinski definition) is 4. The first-order chi connectivity index (χ1) is 8.66. The lowest BCUT2D eigenvalue weighted by atomic mass is 9.98. The van der Waals surface area contributed by atoms with Crippen LogP contribution >= 0.6 is 0 Å². The van der Waals surface area contributed by atoms with Crippen LogP contribution in [-0.2, 0) is 28.5 Å². The Balaban J connectivity index is 1.83. The van der Waals surface area contributed by atoms with Crippen molar-refractivity contribution in [2.45, 2.75) is 19.4 Å². The van der Waals surface area contributed by atoms with Gasteiger partial charge >= 0.3 is 11.4 Å². The predicted octanol–water partition coefficient (Wildman–Crippen LogP) is 1.17. The molecule has 6 heteroatoms. The van der Waals surface area contributed by atoms with Gasteiger partial charge in [-0.2, -0.15) is 4.21 Å². The summed E-state index contributed by atoms with van der Waals surface area (Å²) in [6, 6.07) is 6.03. The van der Waals surface area contributed by atoms with Gasteiger partial charge < -0.3 is 5.73 Å². The van der Waals surface area contributed by atoms with Gasteiger partial charge in [0.2, 0.25) is 0 Å². The van der Waals surface area contributed by atoms with Crippen molar-refractivity contribution in [3.8, 4) is 0 Å². The number of nitrogens with zero attached hydrogens (tertiary/aromatic N) is 1. The molecule has 1 aromatic rings. The van der Waals surface area contributed by atoms with Crippen LogP contribution in [0.3, 0.4) is 0 Å². The van der Waals surface area contributed by atoms with Crippen molar-refractivity contribution in [2.75, 3.05) is 25.4 Å². The molecular weight excluding hydrogens is 252 g/mol. The minimum absolute atomic E-state index is 0.309. The van der Waals surface area contributed by atoms with E-state index in [1.54, 1.807) is 0 Å². The van der Waals surface area contributed by atoms with Crippen molar-refractivity contribution in [1.82, 2.24) is 4.90 Å². The Kier molecular flexibility index (Phi) is 4.71. The lowest BCUT2D eigenvalue weighted by molar-refractivity contribution is 0.221. The van der Waals surface area contributed by atoms with Crippen molar-refractivity contribution < 1.29 is 12.9 Å². The second-order valence-corrected chi connectivity index (χ2v) is 5.07. The third kappa shape index (κ3) is 3.52. The van der Waals surface area contributed by atoms with Crippen LogP contribution in [0.25, 0.3) is 0 Å². The molecular formula is C12H18N2O3S. The van der Waals surface area contributed by atoms with E-state index in [9.17, 15) is 4.21 Å². The van der Waals surface area contributed by atoms with E-state index >= 15 is 0 Å². The second-order valence-electron chi connectivity index (χ2n) is 4.40. The third-order valence-electron chi connectivity index (χ3n) is 3.18. The van der Waals surface area contributed by atoms with Crippen LogP contribution in [0, 0.1) is 0 Å². The van der Waals surface area contributed by atoms with Crippen LogP contribution in [-0.4, -0.2) is 33.4 Å². The van der Waals surface area contributed by atoms with Gasteiger partial charge in [-0.1, -0.05) is 12.1 Å². The Labute approximate surface area is 109 Å². The molecule has 0 bridgehead atoms. The number of fused-ring (bicyclic) bond motifs is 1. The van der Waals surface area contributed by atoms with E-state index in [0.29, 0.717) is 6.61 Å². The molecule has 5 nitrogen and oxygen atoms in total. The standard InChI is InChI=1S/C12H18N2O3S/c13-12-4-1-3-10-9-14(7-5-11(10)12)6-2-8-17-18(15)16/h1,3-4H,2,5-9,13H2,(H,15,16). The van der Waals surface area contributed by atoms with Crippen LogP contribution in [0.1, 0.15) is 17.5 Å². The average molecular weight is 270 g/mol. The molecule has 18 heavy (non-hydrogen) atoms. The van der Waals surface area contributed by atoms with E-state index in [-0.39, 0.29) is 0 Å². The summed E-state index contributed by atoms with van der Waals surface area (Å²) in [7, 11) is 0. The molecule has 0 saturated heterocycles. The smallest absolute Gasteiger partial charge is 0.301 e. The highest BCUT2D eigenvalue weighted by atomic mass is 32.2. The molecule has 1 aliphatic rings. The van der Waals surface area contributed by atoms with Gasteiger partial charge in [-0.3, -0.25) is 13.6 Å². The lowest BCUT2D eigenvalue weighted by Gasteiger charge is -2.29. The predicted molar refractivity (Wildman–Crippen MR) is 71.2 cm³/mol. The summed E-state index contributed by atoms with van der Waals surface area (Å²) in [5.74, 6) is 0. The normalized spacial score (nSPS) is 17.4. The Morgan fingerprint density at radius 1 is 1.50 bits per heavy atom. The molecule has 1 aromatic carbocycles. The van der Waals surface area contributed by atoms with Gasteiger partial charge in [0, 0.05) is 25.3 Å². The van der Waals surface area contributed by atoms with E-state index in [0.717, 1.165) is 38.2 Å². The van der Waals surface area contributed by atoms with E-state index in [1.807, 2.05) is 12.1 Å². The Morgan fingerprint density at radius 3 is 3.11 bits per heavy atom. The van der Waals surface area contributed by atoms with Gasteiger partial charge in [-0.15, -0.1) is 0 Å². The van der Waals surface area contributed by atoms with E-state index < -0.39 is 11.4 Å². The summed E-state index contributed by atoms with van der Waals surface area (Å²) in [5.41, 5.74) is 9.37. The molecule has 1 unspecified atom stereocenters. The Bertz CT molecular complexity index is 439. The minimum atomic E-state index is -2.15. The maximum atomic E-state index is 10.3. The van der Waals surface area contributed by atoms with Crippen molar-refractivity contribution >= 4 is 17.0 Å². The quantitative estimate of drug-likeness (QED) is 0.477. The van der Waals surface area contributed by atoms with Gasteiger partial charge in [0.05, 0.1) is 6.61 Å². The first kappa shape index (κ1) is 13.5. The van der Waals surface area contributed by atoms with E-state index in [2.05, 4.69) is 15.1 Å². The zero-order chi connectivity index (χ0) is 13.0. The molecule has 0 spiro atoms. The molecule has 2 rings (SSSR count). The fourth-order valence-electron chi connectivity index (χ4n) is 2.31. The van der Waals surface area contributed by atoms with E-state index in [1.165, 1.54) is 11.1 Å². The molecule has 1 atom stereocenters. The van der Waals surface area contributed by atoms with Crippen LogP contribution in [0.2, 0.25) is 0 Å². The highest BCUT2D eigenvalue weighted by molar-refractivity contribution is 7.74. The van der Waals surface area contributed by atoms with E-state index in [4.69, 9.17) is 10.3 Å². The molecule has 1 aliphatic heterocycles. The summed E-state index contributed by atoms with van der Waals surface area (Å²) in [6.07, 6.45) is 1.72. The number of hydrogen-bond donors (Lipinski definition) is 2. The van der Waals surface area contributed by atoms with Gasteiger partial charge in [-0.05, 0) is 30.0 Å². The maximum absolute atomic E-state index is 10.3. The summed E-state index contributed by atoms with van der Waals surface area (Å²) < 4.78 is 23.4. The number of nitrogen functional groups attached to an aromatic ring is 1. The van der Waals surface area contributed by atoms with Crippen LogP contribution < -0.4 is 5.73 Å². The molecule has 1 heterocycles. The van der Waals surface area contributed by atoms with Crippen molar-refractivity contribution in [2.24, 2.45) is 0 Å². The van der Waals surface area contributed by atoms with Gasteiger partial charge in [0.1, 0.15) is 0 Å². The molecule has 3 N–H and O–H groups in total. The highest BCUT2D eigenvalue weighted by Gasteiger charge is 2.17. The molecule has 0 fully saturated rings. The average Bonchev–Trinajstić information content (AvgIpc) is 2.35. The number of benzene rings is 1. The minimum Gasteiger partial charge on any atom is -0.398 e. The summed E-state index contributed by atoms with van der Waals surface area (Å²) in [6.45, 7) is 3.04. The Morgan fingerprint density at radius 2 is 2.33 bits per heavy atom. The van der Waals surface area contributed by atoms with Crippen LogP contribution in [0.4, 0.5) is 5.69 Å². The fourth-order valence-corrected chi connectivity index (χ4v) is 2.57. The molecule has 0 aliphatic carbocycles. The van der Waals surface area contributed by atoms with Gasteiger partial charge in [-0.25, -0.2) is 0 Å². The number of anilines is 1. The van der Waals surface area contributed by atoms with Crippen LogP contribution in [0.15, 0.2) is 18.2 Å². The number of nitrogens with two attached hydrogens (primary N) is 1. The molecule has 0 aromatic heterocycles. The summed E-state index contributed by atoms with van der Waals surface area (Å²) in [4.78, 5) is 2.31. The molecule has 0 radical (unpaired) electrons. The maximum Gasteiger partial charge on any atom is 0.301 e. The van der Waals surface area contributed by atoms with Gasteiger partial charge in [0.25, 0.3) is 0 Å². The SMILES string of the molecule is Nc1cccc2c1CCN(CCCOS(=O)O)C2. The zero-order valence-electron chi connectivity index (χ0n) is 10.2. The lowest BCUT2D eigenvalue weighted by Crippen LogP contribution is -2.32. The first-order valence-corrected chi connectivity index (χ1v) is 7.02. The second kappa shape index (κ2) is 6.29. The zero-order valence-corrected chi connectivity index (χ0v) is 11.0. The monoisotopic (exact) mass is 270 g/mol. The Hall–Kier alpha value is -0.950. The third-order valence-corrected chi connectivity index (χ3v) is 3.55. The van der Waals surface area contributed by atoms with Gasteiger partial charge in [0.15, 0.2) is 0 Å². The summed E-state index contributed by atoms with van der Waals surface area (Å²) in [5, 5.41) is 0.